The third kappa shape index (κ3) is 6.42. The summed E-state index contributed by atoms with van der Waals surface area (Å²) in [4.78, 5) is 42.0. The van der Waals surface area contributed by atoms with Crippen molar-refractivity contribution in [1.29, 1.82) is 0 Å². The van der Waals surface area contributed by atoms with Crippen LogP contribution in [-0.4, -0.2) is 35.7 Å². The third-order valence-electron chi connectivity index (χ3n) is 5.86. The molecule has 0 fully saturated rings. The van der Waals surface area contributed by atoms with E-state index >= 15 is 0 Å². The highest BCUT2D eigenvalue weighted by Gasteiger charge is 2.34. The van der Waals surface area contributed by atoms with E-state index < -0.39 is 5.91 Å². The van der Waals surface area contributed by atoms with E-state index in [1.54, 1.807) is 17.0 Å². The highest BCUT2D eigenvalue weighted by atomic mass is 35.5. The Labute approximate surface area is 200 Å². The zero-order valence-electron chi connectivity index (χ0n) is 19.2. The van der Waals surface area contributed by atoms with Gasteiger partial charge in [-0.2, -0.15) is 0 Å². The fourth-order valence-electron chi connectivity index (χ4n) is 4.04. The minimum atomic E-state index is -0.402. The number of rotatable bonds is 10. The first-order valence-corrected chi connectivity index (χ1v) is 12.0. The van der Waals surface area contributed by atoms with Crippen molar-refractivity contribution in [2.45, 2.75) is 58.4 Å². The fourth-order valence-corrected chi connectivity index (χ4v) is 4.17. The normalized spacial score (nSPS) is 13.8. The summed E-state index contributed by atoms with van der Waals surface area (Å²) < 4.78 is 0. The quantitative estimate of drug-likeness (QED) is 0.510. The Kier molecular flexibility index (Phi) is 9.03. The fraction of sp³-hybridized carbons (Fsp3) is 0.423. The number of carbonyl (C=O) groups is 3. The van der Waals surface area contributed by atoms with Gasteiger partial charge in [0.1, 0.15) is 6.54 Å². The van der Waals surface area contributed by atoms with Crippen molar-refractivity contribution in [1.82, 2.24) is 4.90 Å². The van der Waals surface area contributed by atoms with Crippen molar-refractivity contribution in [2.24, 2.45) is 5.73 Å². The molecular weight excluding hydrogens is 438 g/mol. The zero-order chi connectivity index (χ0) is 23.8. The molecule has 7 heteroatoms. The number of unbranched alkanes of at least 4 members (excludes halogenated alkanes) is 3. The Morgan fingerprint density at radius 1 is 1.00 bits per heavy atom. The van der Waals surface area contributed by atoms with Crippen molar-refractivity contribution in [3.63, 3.8) is 0 Å². The number of amides is 3. The van der Waals surface area contributed by atoms with Crippen LogP contribution in [0.5, 0.6) is 0 Å². The van der Waals surface area contributed by atoms with E-state index in [2.05, 4.69) is 0 Å². The van der Waals surface area contributed by atoms with Crippen LogP contribution < -0.4 is 10.6 Å². The monoisotopic (exact) mass is 469 g/mol. The molecule has 0 atom stereocenters. The Morgan fingerprint density at radius 2 is 1.70 bits per heavy atom. The number of aryl methyl sites for hydroxylation is 1. The van der Waals surface area contributed by atoms with Crippen LogP contribution in [0.3, 0.4) is 0 Å². The number of benzene rings is 2. The van der Waals surface area contributed by atoms with E-state index in [4.69, 9.17) is 17.3 Å². The lowest BCUT2D eigenvalue weighted by Gasteiger charge is -2.23. The van der Waals surface area contributed by atoms with Crippen molar-refractivity contribution in [3.8, 4) is 0 Å². The summed E-state index contributed by atoms with van der Waals surface area (Å²) in [6.07, 6.45) is 5.85. The van der Waals surface area contributed by atoms with Crippen molar-refractivity contribution >= 4 is 35.0 Å². The first-order chi connectivity index (χ1) is 15.9. The smallest absolute Gasteiger partial charge is 0.263 e. The predicted molar refractivity (Wildman–Crippen MR) is 131 cm³/mol. The molecule has 33 heavy (non-hydrogen) atoms. The summed E-state index contributed by atoms with van der Waals surface area (Å²) in [5, 5.41) is 0.615. The second kappa shape index (κ2) is 12.0. The van der Waals surface area contributed by atoms with E-state index in [0.29, 0.717) is 35.8 Å². The van der Waals surface area contributed by atoms with E-state index in [1.165, 1.54) is 0 Å². The first kappa shape index (κ1) is 24.9. The Hall–Kier alpha value is -2.70. The van der Waals surface area contributed by atoms with Crippen molar-refractivity contribution in [2.75, 3.05) is 18.0 Å². The molecule has 3 rings (SSSR count). The molecule has 0 aliphatic carbocycles. The molecule has 0 radical (unpaired) electrons. The summed E-state index contributed by atoms with van der Waals surface area (Å²) in [6.45, 7) is 2.62. The highest BCUT2D eigenvalue weighted by Crippen LogP contribution is 2.30. The molecule has 2 aromatic rings. The average molecular weight is 470 g/mol. The van der Waals surface area contributed by atoms with Gasteiger partial charge in [-0.25, -0.2) is 0 Å². The minimum absolute atomic E-state index is 0.229. The number of halogens is 1. The number of anilines is 1. The van der Waals surface area contributed by atoms with E-state index in [1.807, 2.05) is 37.3 Å². The summed E-state index contributed by atoms with van der Waals surface area (Å²) >= 11 is 6.00. The van der Waals surface area contributed by atoms with E-state index in [0.717, 1.165) is 48.1 Å². The minimum Gasteiger partial charge on any atom is -0.330 e. The summed E-state index contributed by atoms with van der Waals surface area (Å²) in [6, 6.07) is 12.9. The lowest BCUT2D eigenvalue weighted by Crippen LogP contribution is -2.42. The maximum atomic E-state index is 13.4. The van der Waals surface area contributed by atoms with Gasteiger partial charge >= 0.3 is 0 Å². The highest BCUT2D eigenvalue weighted by molar-refractivity contribution is 6.30. The van der Waals surface area contributed by atoms with Crippen LogP contribution in [-0.2, 0) is 22.6 Å². The zero-order valence-corrected chi connectivity index (χ0v) is 19.9. The van der Waals surface area contributed by atoms with Crippen LogP contribution in [0.1, 0.15) is 66.9 Å². The maximum Gasteiger partial charge on any atom is 0.263 e. The number of hydrogen-bond acceptors (Lipinski definition) is 4. The maximum absolute atomic E-state index is 13.4. The Morgan fingerprint density at radius 3 is 2.39 bits per heavy atom. The number of nitrogens with zero attached hydrogens (tertiary/aromatic N) is 2. The predicted octanol–water partition coefficient (Wildman–Crippen LogP) is 4.72. The van der Waals surface area contributed by atoms with Gasteiger partial charge in [0.25, 0.3) is 5.91 Å². The molecule has 1 aliphatic rings. The Balaban J connectivity index is 1.92. The average Bonchev–Trinajstić information content (AvgIpc) is 2.91. The number of hydrogen-bond donors (Lipinski definition) is 1. The summed E-state index contributed by atoms with van der Waals surface area (Å²) in [5.74, 6) is -1.00. The molecule has 0 saturated carbocycles. The molecule has 1 aliphatic heterocycles. The van der Waals surface area contributed by atoms with Crippen molar-refractivity contribution in [3.05, 3.63) is 64.2 Å². The van der Waals surface area contributed by atoms with Crippen molar-refractivity contribution < 1.29 is 14.4 Å². The number of imide groups is 1. The van der Waals surface area contributed by atoms with Crippen LogP contribution >= 0.6 is 11.6 Å². The number of fused-ring (bicyclic) bond motifs is 1. The number of carbonyl (C=O) groups excluding carboxylic acids is 3. The topological polar surface area (TPSA) is 83.7 Å². The van der Waals surface area contributed by atoms with Crippen LogP contribution in [0.15, 0.2) is 42.5 Å². The van der Waals surface area contributed by atoms with Gasteiger partial charge in [0.15, 0.2) is 0 Å². The van der Waals surface area contributed by atoms with E-state index in [-0.39, 0.29) is 24.8 Å². The molecule has 0 unspecified atom stereocenters. The second-order valence-electron chi connectivity index (χ2n) is 8.45. The van der Waals surface area contributed by atoms with Gasteiger partial charge in [-0.05, 0) is 67.6 Å². The molecule has 0 saturated heterocycles. The van der Waals surface area contributed by atoms with Gasteiger partial charge in [-0.3, -0.25) is 19.3 Å². The largest absolute Gasteiger partial charge is 0.330 e. The molecule has 0 bridgehead atoms. The molecule has 6 nitrogen and oxygen atoms in total. The Bertz CT molecular complexity index is 991. The second-order valence-corrected chi connectivity index (χ2v) is 8.88. The first-order valence-electron chi connectivity index (χ1n) is 11.7. The molecule has 0 aromatic heterocycles. The van der Waals surface area contributed by atoms with Gasteiger partial charge in [-0.1, -0.05) is 49.6 Å². The number of nitrogens with two attached hydrogens (primary N) is 1. The molecule has 0 spiro atoms. The van der Waals surface area contributed by atoms with Crippen LogP contribution in [0.2, 0.25) is 5.02 Å². The molecular formula is C26H32ClN3O3. The SMILES string of the molecule is CCCC(=O)N1CC(=O)N(Cc2ccc(Cl)cc2)c2ccc(CCCCCCN)cc2C1=O. The van der Waals surface area contributed by atoms with Gasteiger partial charge in [0, 0.05) is 11.4 Å². The summed E-state index contributed by atoms with van der Waals surface area (Å²) in [7, 11) is 0. The molecule has 176 valence electrons. The van der Waals surface area contributed by atoms with Gasteiger partial charge < -0.3 is 10.6 Å². The third-order valence-corrected chi connectivity index (χ3v) is 6.11. The standard InChI is InChI=1S/C26H32ClN3O3/c1-2-7-24(31)30-18-25(32)29(17-20-9-12-21(27)13-10-20)23-14-11-19(16-22(23)26(30)33)8-5-3-4-6-15-28/h9-14,16H,2-8,15,17-18,28H2,1H3. The summed E-state index contributed by atoms with van der Waals surface area (Å²) in [5.41, 5.74) is 8.43. The van der Waals surface area contributed by atoms with Gasteiger partial charge in [0.2, 0.25) is 11.8 Å². The molecule has 2 N–H and O–H groups in total. The molecule has 3 amide bonds. The van der Waals surface area contributed by atoms with Gasteiger partial charge in [-0.15, -0.1) is 0 Å². The molecule has 2 aromatic carbocycles. The lowest BCUT2D eigenvalue weighted by atomic mass is 10.0. The van der Waals surface area contributed by atoms with Crippen LogP contribution in [0, 0.1) is 0 Å². The van der Waals surface area contributed by atoms with Crippen LogP contribution in [0.4, 0.5) is 5.69 Å². The van der Waals surface area contributed by atoms with E-state index in [9.17, 15) is 14.4 Å². The lowest BCUT2D eigenvalue weighted by molar-refractivity contribution is -0.132. The van der Waals surface area contributed by atoms with Crippen LogP contribution in [0.25, 0.3) is 0 Å². The molecule has 1 heterocycles. The van der Waals surface area contributed by atoms with Gasteiger partial charge in [0.05, 0.1) is 17.8 Å².